The number of carbonyl (C=O) groups excluding carboxylic acids is 1. The third-order valence-corrected chi connectivity index (χ3v) is 5.33. The fourth-order valence-corrected chi connectivity index (χ4v) is 3.83. The first-order chi connectivity index (χ1) is 13.2. The van der Waals surface area contributed by atoms with Crippen LogP contribution in [-0.4, -0.2) is 43.1 Å². The largest absolute Gasteiger partial charge is 0.493 e. The van der Waals surface area contributed by atoms with Gasteiger partial charge in [-0.05, 0) is 41.6 Å². The molecule has 0 saturated carbocycles. The Kier molecular flexibility index (Phi) is 4.75. The number of hydrogen-bond donors (Lipinski definition) is 1. The minimum absolute atomic E-state index is 0.154. The molecule has 1 amide bonds. The van der Waals surface area contributed by atoms with Crippen molar-refractivity contribution in [3.8, 4) is 11.5 Å². The van der Waals surface area contributed by atoms with Crippen LogP contribution in [0.25, 0.3) is 10.9 Å². The molecule has 1 aliphatic rings. The van der Waals surface area contributed by atoms with Gasteiger partial charge in [-0.2, -0.15) is 0 Å². The summed E-state index contributed by atoms with van der Waals surface area (Å²) in [5, 5.41) is 1.22. The highest BCUT2D eigenvalue weighted by molar-refractivity contribution is 5.81. The van der Waals surface area contributed by atoms with Gasteiger partial charge in [-0.3, -0.25) is 4.79 Å². The second-order valence-electron chi connectivity index (χ2n) is 7.00. The van der Waals surface area contributed by atoms with Crippen molar-refractivity contribution in [1.29, 1.82) is 0 Å². The molecule has 0 spiro atoms. The third-order valence-electron chi connectivity index (χ3n) is 5.33. The lowest BCUT2D eigenvalue weighted by Gasteiger charge is -2.17. The van der Waals surface area contributed by atoms with Crippen molar-refractivity contribution < 1.29 is 14.3 Å². The van der Waals surface area contributed by atoms with Crippen LogP contribution >= 0.6 is 0 Å². The molecule has 140 valence electrons. The minimum Gasteiger partial charge on any atom is -0.493 e. The predicted molar refractivity (Wildman–Crippen MR) is 105 cm³/mol. The number of likely N-dealkylation sites (tertiary alicyclic amines) is 1. The Morgan fingerprint density at radius 2 is 1.93 bits per heavy atom. The number of rotatable bonds is 5. The van der Waals surface area contributed by atoms with Gasteiger partial charge in [0.2, 0.25) is 5.91 Å². The van der Waals surface area contributed by atoms with Gasteiger partial charge in [0.25, 0.3) is 0 Å². The summed E-state index contributed by atoms with van der Waals surface area (Å²) in [4.78, 5) is 18.2. The summed E-state index contributed by atoms with van der Waals surface area (Å²) in [6, 6.07) is 16.1. The molecule has 1 fully saturated rings. The number of nitrogens with one attached hydrogen (secondary N) is 1. The molecule has 1 N–H and O–H groups in total. The van der Waals surface area contributed by atoms with Crippen molar-refractivity contribution in [2.45, 2.75) is 18.8 Å². The molecule has 1 unspecified atom stereocenters. The summed E-state index contributed by atoms with van der Waals surface area (Å²) >= 11 is 0. The Hall–Kier alpha value is -2.95. The second-order valence-corrected chi connectivity index (χ2v) is 7.00. The van der Waals surface area contributed by atoms with Crippen molar-refractivity contribution in [1.82, 2.24) is 9.88 Å². The van der Waals surface area contributed by atoms with Crippen LogP contribution in [0.2, 0.25) is 0 Å². The minimum atomic E-state index is 0.154. The van der Waals surface area contributed by atoms with E-state index in [1.54, 1.807) is 14.2 Å². The first-order valence-corrected chi connectivity index (χ1v) is 9.24. The van der Waals surface area contributed by atoms with Gasteiger partial charge in [-0.25, -0.2) is 0 Å². The van der Waals surface area contributed by atoms with E-state index in [1.807, 2.05) is 35.2 Å². The predicted octanol–water partition coefficient (Wildman–Crippen LogP) is 3.74. The van der Waals surface area contributed by atoms with E-state index in [0.717, 1.165) is 30.6 Å². The highest BCUT2D eigenvalue weighted by atomic mass is 16.5. The number of fused-ring (bicyclic) bond motifs is 1. The van der Waals surface area contributed by atoms with E-state index >= 15 is 0 Å². The van der Waals surface area contributed by atoms with Crippen LogP contribution in [0.1, 0.15) is 23.6 Å². The Balaban J connectivity index is 1.43. The van der Waals surface area contributed by atoms with Crippen molar-refractivity contribution in [3.05, 3.63) is 59.8 Å². The highest BCUT2D eigenvalue weighted by Gasteiger charge is 2.28. The van der Waals surface area contributed by atoms with Crippen LogP contribution in [0.3, 0.4) is 0 Å². The number of benzene rings is 2. The third kappa shape index (κ3) is 3.50. The van der Waals surface area contributed by atoms with E-state index in [1.165, 1.54) is 11.1 Å². The number of hydrogen-bond acceptors (Lipinski definition) is 3. The lowest BCUT2D eigenvalue weighted by Crippen LogP contribution is -2.29. The zero-order chi connectivity index (χ0) is 18.8. The molecular weight excluding hydrogens is 340 g/mol. The number of ether oxygens (including phenoxy) is 2. The summed E-state index contributed by atoms with van der Waals surface area (Å²) in [7, 11) is 3.21. The van der Waals surface area contributed by atoms with Crippen molar-refractivity contribution in [2.75, 3.05) is 27.3 Å². The first kappa shape index (κ1) is 17.5. The summed E-state index contributed by atoms with van der Waals surface area (Å²) in [6.45, 7) is 1.56. The van der Waals surface area contributed by atoms with E-state index in [0.29, 0.717) is 23.8 Å². The quantitative estimate of drug-likeness (QED) is 0.750. The monoisotopic (exact) mass is 364 g/mol. The average Bonchev–Trinajstić information content (AvgIpc) is 3.34. The molecule has 0 aliphatic carbocycles. The van der Waals surface area contributed by atoms with Crippen molar-refractivity contribution >= 4 is 16.8 Å². The van der Waals surface area contributed by atoms with Crippen LogP contribution in [0.15, 0.2) is 48.5 Å². The van der Waals surface area contributed by atoms with Gasteiger partial charge in [0.05, 0.1) is 20.6 Å². The fourth-order valence-electron chi connectivity index (χ4n) is 3.83. The molecule has 2 aromatic carbocycles. The van der Waals surface area contributed by atoms with Gasteiger partial charge >= 0.3 is 0 Å². The van der Waals surface area contributed by atoms with Crippen LogP contribution in [-0.2, 0) is 11.2 Å². The Labute approximate surface area is 158 Å². The number of methoxy groups -OCH3 is 2. The normalized spacial score (nSPS) is 16.7. The van der Waals surface area contributed by atoms with Crippen molar-refractivity contribution in [2.24, 2.45) is 0 Å². The summed E-state index contributed by atoms with van der Waals surface area (Å²) < 4.78 is 10.6. The standard InChI is InChI=1S/C22H24N2O3/c1-26-20-8-7-15(11-21(20)27-2)12-22(25)24-10-9-17(14-24)19-13-16-5-3-4-6-18(16)23-19/h3-8,11,13,17,23H,9-10,12,14H2,1-2H3. The summed E-state index contributed by atoms with van der Waals surface area (Å²) in [5.41, 5.74) is 3.31. The molecule has 0 radical (unpaired) electrons. The number of aromatic amines is 1. The Bertz CT molecular complexity index is 930. The smallest absolute Gasteiger partial charge is 0.227 e. The molecule has 4 rings (SSSR count). The summed E-state index contributed by atoms with van der Waals surface area (Å²) in [5.74, 6) is 1.85. The molecule has 1 aliphatic heterocycles. The molecule has 5 heteroatoms. The van der Waals surface area contributed by atoms with Gasteiger partial charge in [0, 0.05) is 30.2 Å². The van der Waals surface area contributed by atoms with Gasteiger partial charge in [0.15, 0.2) is 11.5 Å². The van der Waals surface area contributed by atoms with E-state index in [9.17, 15) is 4.79 Å². The number of H-pyrrole nitrogens is 1. The molecule has 0 bridgehead atoms. The maximum absolute atomic E-state index is 12.8. The van der Waals surface area contributed by atoms with Crippen LogP contribution in [0.4, 0.5) is 0 Å². The summed E-state index contributed by atoms with van der Waals surface area (Å²) in [6.07, 6.45) is 1.37. The number of amides is 1. The molecule has 5 nitrogen and oxygen atoms in total. The lowest BCUT2D eigenvalue weighted by molar-refractivity contribution is -0.129. The number of carbonyl (C=O) groups is 1. The van der Waals surface area contributed by atoms with Crippen LogP contribution < -0.4 is 9.47 Å². The molecule has 2 heterocycles. The SMILES string of the molecule is COc1ccc(CC(=O)N2CCC(c3cc4ccccc4[nH]3)C2)cc1OC. The van der Waals surface area contributed by atoms with E-state index in [-0.39, 0.29) is 5.91 Å². The average molecular weight is 364 g/mol. The lowest BCUT2D eigenvalue weighted by atomic mass is 10.1. The first-order valence-electron chi connectivity index (χ1n) is 9.24. The number of aromatic nitrogens is 1. The Morgan fingerprint density at radius 1 is 1.11 bits per heavy atom. The van der Waals surface area contributed by atoms with Gasteiger partial charge in [-0.15, -0.1) is 0 Å². The van der Waals surface area contributed by atoms with Gasteiger partial charge in [-0.1, -0.05) is 24.3 Å². The second kappa shape index (κ2) is 7.35. The maximum atomic E-state index is 12.8. The van der Waals surface area contributed by atoms with Crippen LogP contribution in [0.5, 0.6) is 11.5 Å². The van der Waals surface area contributed by atoms with Gasteiger partial charge in [0.1, 0.15) is 0 Å². The van der Waals surface area contributed by atoms with Crippen LogP contribution in [0, 0.1) is 0 Å². The van der Waals surface area contributed by atoms with Crippen molar-refractivity contribution in [3.63, 3.8) is 0 Å². The molecular formula is C22H24N2O3. The zero-order valence-corrected chi connectivity index (χ0v) is 15.7. The maximum Gasteiger partial charge on any atom is 0.227 e. The molecule has 1 atom stereocenters. The molecule has 1 aromatic heterocycles. The number of para-hydroxylation sites is 1. The molecule has 27 heavy (non-hydrogen) atoms. The highest BCUT2D eigenvalue weighted by Crippen LogP contribution is 2.31. The number of nitrogens with zero attached hydrogens (tertiary/aromatic N) is 1. The van der Waals surface area contributed by atoms with E-state index < -0.39 is 0 Å². The van der Waals surface area contributed by atoms with E-state index in [4.69, 9.17) is 9.47 Å². The fraction of sp³-hybridized carbons (Fsp3) is 0.318. The zero-order valence-electron chi connectivity index (χ0n) is 15.7. The topological polar surface area (TPSA) is 54.6 Å². The van der Waals surface area contributed by atoms with E-state index in [2.05, 4.69) is 23.2 Å². The molecule has 1 saturated heterocycles. The Morgan fingerprint density at radius 3 is 2.70 bits per heavy atom. The molecule has 3 aromatic rings. The van der Waals surface area contributed by atoms with Gasteiger partial charge < -0.3 is 19.4 Å².